The van der Waals surface area contributed by atoms with Crippen molar-refractivity contribution in [1.82, 2.24) is 8.97 Å². The van der Waals surface area contributed by atoms with Crippen molar-refractivity contribution < 1.29 is 9.53 Å². The van der Waals surface area contributed by atoms with Crippen molar-refractivity contribution in [3.8, 4) is 11.1 Å². The molecule has 1 aliphatic rings. The highest BCUT2D eigenvalue weighted by Gasteiger charge is 2.52. The molecule has 42 heavy (non-hydrogen) atoms. The molecule has 0 N–H and O–H groups in total. The van der Waals surface area contributed by atoms with Gasteiger partial charge < -0.3 is 13.7 Å². The SMILES string of the molecule is CCn1c(C)c(C2(c3cc(-c4ccc5ccccc5c4C)c4ccccn34)OC(=O)c3ccccc32)c2ccccc21. The number of para-hydroxylation sites is 1. The van der Waals surface area contributed by atoms with Gasteiger partial charge in [0.05, 0.1) is 16.8 Å². The normalized spacial score (nSPS) is 16.4. The number of hydrogen-bond acceptors (Lipinski definition) is 2. The Bertz CT molecular complexity index is 2220. The number of pyridine rings is 1. The van der Waals surface area contributed by atoms with Gasteiger partial charge >= 0.3 is 5.97 Å². The largest absolute Gasteiger partial charge is 0.439 e. The number of carbonyl (C=O) groups excluding carboxylic acids is 1. The van der Waals surface area contributed by atoms with Crippen molar-refractivity contribution in [1.29, 1.82) is 0 Å². The average Bonchev–Trinajstić information content (AvgIpc) is 3.65. The second-order valence-corrected chi connectivity index (χ2v) is 11.2. The molecule has 0 saturated heterocycles. The number of benzene rings is 4. The molecule has 0 bridgehead atoms. The summed E-state index contributed by atoms with van der Waals surface area (Å²) in [6.45, 7) is 7.33. The second-order valence-electron chi connectivity index (χ2n) is 11.2. The molecule has 0 radical (unpaired) electrons. The Labute approximate surface area is 244 Å². The van der Waals surface area contributed by atoms with Gasteiger partial charge in [-0.1, -0.05) is 78.9 Å². The average molecular weight is 547 g/mol. The third-order valence-corrected chi connectivity index (χ3v) is 9.20. The number of cyclic esters (lactones) is 1. The summed E-state index contributed by atoms with van der Waals surface area (Å²) in [6.07, 6.45) is 2.09. The number of fused-ring (bicyclic) bond motifs is 4. The predicted molar refractivity (Wildman–Crippen MR) is 169 cm³/mol. The van der Waals surface area contributed by atoms with Crippen LogP contribution in [-0.4, -0.2) is 14.9 Å². The van der Waals surface area contributed by atoms with Gasteiger partial charge in [-0.2, -0.15) is 0 Å². The number of carbonyl (C=O) groups is 1. The first kappa shape index (κ1) is 24.7. The minimum Gasteiger partial charge on any atom is -0.439 e. The van der Waals surface area contributed by atoms with E-state index in [9.17, 15) is 4.79 Å². The van der Waals surface area contributed by atoms with Crippen LogP contribution in [0.1, 0.15) is 45.4 Å². The lowest BCUT2D eigenvalue weighted by atomic mass is 9.81. The van der Waals surface area contributed by atoms with Gasteiger partial charge in [-0.3, -0.25) is 0 Å². The van der Waals surface area contributed by atoms with Crippen LogP contribution in [0.15, 0.2) is 115 Å². The minimum atomic E-state index is -1.13. The van der Waals surface area contributed by atoms with E-state index >= 15 is 0 Å². The highest BCUT2D eigenvalue weighted by atomic mass is 16.6. The number of aromatic nitrogens is 2. The van der Waals surface area contributed by atoms with Crippen LogP contribution in [0.5, 0.6) is 0 Å². The summed E-state index contributed by atoms with van der Waals surface area (Å²) in [6, 6.07) is 37.8. The molecule has 8 rings (SSSR count). The van der Waals surface area contributed by atoms with Gasteiger partial charge in [0.15, 0.2) is 0 Å². The van der Waals surface area contributed by atoms with Crippen molar-refractivity contribution >= 4 is 33.2 Å². The molecule has 0 fully saturated rings. The molecule has 4 heterocycles. The fourth-order valence-corrected chi connectivity index (χ4v) is 7.36. The number of aryl methyl sites for hydroxylation is 2. The Morgan fingerprint density at radius 3 is 2.29 bits per heavy atom. The topological polar surface area (TPSA) is 35.6 Å². The van der Waals surface area contributed by atoms with E-state index in [0.29, 0.717) is 5.56 Å². The van der Waals surface area contributed by atoms with E-state index in [1.807, 2.05) is 24.3 Å². The van der Waals surface area contributed by atoms with Gasteiger partial charge in [0.25, 0.3) is 0 Å². The van der Waals surface area contributed by atoms with E-state index in [2.05, 4.69) is 121 Å². The van der Waals surface area contributed by atoms with E-state index < -0.39 is 5.60 Å². The lowest BCUT2D eigenvalue weighted by Gasteiger charge is -2.30. The van der Waals surface area contributed by atoms with Crippen molar-refractivity contribution in [2.45, 2.75) is 32.9 Å². The number of nitrogens with zero attached hydrogens (tertiary/aromatic N) is 2. The molecule has 0 saturated carbocycles. The Morgan fingerprint density at radius 2 is 1.43 bits per heavy atom. The van der Waals surface area contributed by atoms with Crippen molar-refractivity contribution in [2.75, 3.05) is 0 Å². The summed E-state index contributed by atoms with van der Waals surface area (Å²) in [7, 11) is 0. The molecule has 4 heteroatoms. The quantitative estimate of drug-likeness (QED) is 0.207. The van der Waals surface area contributed by atoms with Gasteiger partial charge in [0.1, 0.15) is 0 Å². The van der Waals surface area contributed by atoms with Gasteiger partial charge in [-0.05, 0) is 73.0 Å². The zero-order valence-electron chi connectivity index (χ0n) is 23.9. The van der Waals surface area contributed by atoms with Crippen LogP contribution in [0, 0.1) is 13.8 Å². The molecule has 1 aliphatic heterocycles. The molecule has 4 nitrogen and oxygen atoms in total. The number of ether oxygens (including phenoxy) is 1. The van der Waals surface area contributed by atoms with E-state index in [-0.39, 0.29) is 5.97 Å². The minimum absolute atomic E-state index is 0.298. The smallest absolute Gasteiger partial charge is 0.340 e. The fourth-order valence-electron chi connectivity index (χ4n) is 7.36. The standard InChI is InChI=1S/C38H30N2O2/c1-4-39-25(3)36(30-16-8-10-18-33(30)39)38(32-17-9-7-15-29(32)37(41)42-38)35-23-31(34-19-11-12-22-40(34)35)28-21-20-26-13-5-6-14-27(26)24(28)2/h5-23H,4H2,1-3H3. The van der Waals surface area contributed by atoms with E-state index in [1.165, 1.54) is 21.9 Å². The zero-order valence-corrected chi connectivity index (χ0v) is 23.9. The molecule has 0 aliphatic carbocycles. The Morgan fingerprint density at radius 1 is 0.714 bits per heavy atom. The molecule has 1 unspecified atom stereocenters. The van der Waals surface area contributed by atoms with E-state index in [0.717, 1.165) is 51.0 Å². The summed E-state index contributed by atoms with van der Waals surface area (Å²) in [5.74, 6) is -0.298. The molecule has 3 aromatic heterocycles. The molecular weight excluding hydrogens is 516 g/mol. The Hall–Kier alpha value is -5.09. The maximum Gasteiger partial charge on any atom is 0.340 e. The maximum atomic E-state index is 13.7. The highest BCUT2D eigenvalue weighted by molar-refractivity contribution is 6.00. The molecule has 1 atom stereocenters. The summed E-state index contributed by atoms with van der Waals surface area (Å²) in [5, 5.41) is 3.55. The van der Waals surface area contributed by atoms with Gasteiger partial charge in [-0.15, -0.1) is 0 Å². The van der Waals surface area contributed by atoms with Crippen LogP contribution < -0.4 is 0 Å². The first-order chi connectivity index (χ1) is 20.5. The predicted octanol–water partition coefficient (Wildman–Crippen LogP) is 8.81. The molecule has 7 aromatic rings. The first-order valence-corrected chi connectivity index (χ1v) is 14.5. The first-order valence-electron chi connectivity index (χ1n) is 14.5. The third-order valence-electron chi connectivity index (χ3n) is 9.20. The summed E-state index contributed by atoms with van der Waals surface area (Å²) >= 11 is 0. The lowest BCUT2D eigenvalue weighted by Crippen LogP contribution is -2.32. The van der Waals surface area contributed by atoms with Crippen LogP contribution >= 0.6 is 0 Å². The third kappa shape index (κ3) is 3.15. The zero-order chi connectivity index (χ0) is 28.6. The van der Waals surface area contributed by atoms with Crippen LogP contribution in [-0.2, 0) is 16.9 Å². The van der Waals surface area contributed by atoms with E-state index in [4.69, 9.17) is 4.74 Å². The van der Waals surface area contributed by atoms with Gasteiger partial charge in [0, 0.05) is 46.0 Å². The second kappa shape index (κ2) is 8.95. The number of rotatable bonds is 4. The number of hydrogen-bond donors (Lipinski definition) is 0. The van der Waals surface area contributed by atoms with Crippen LogP contribution in [0.3, 0.4) is 0 Å². The summed E-state index contributed by atoms with van der Waals surface area (Å²) in [4.78, 5) is 13.7. The summed E-state index contributed by atoms with van der Waals surface area (Å²) in [5.41, 5.74) is 9.11. The van der Waals surface area contributed by atoms with Crippen molar-refractivity contribution in [3.05, 3.63) is 149 Å². The van der Waals surface area contributed by atoms with Crippen LogP contribution in [0.2, 0.25) is 0 Å². The summed E-state index contributed by atoms with van der Waals surface area (Å²) < 4.78 is 11.3. The van der Waals surface area contributed by atoms with Crippen LogP contribution in [0.25, 0.3) is 38.3 Å². The monoisotopic (exact) mass is 546 g/mol. The maximum absolute atomic E-state index is 13.7. The molecule has 204 valence electrons. The molecule has 4 aromatic carbocycles. The molecular formula is C38H30N2O2. The van der Waals surface area contributed by atoms with Gasteiger partial charge in [0.2, 0.25) is 5.60 Å². The van der Waals surface area contributed by atoms with Crippen LogP contribution in [0.4, 0.5) is 0 Å². The Kier molecular flexibility index (Phi) is 5.26. The molecule has 0 amide bonds. The van der Waals surface area contributed by atoms with Gasteiger partial charge in [-0.25, -0.2) is 4.79 Å². The van der Waals surface area contributed by atoms with Crippen molar-refractivity contribution in [3.63, 3.8) is 0 Å². The molecule has 0 spiro atoms. The number of esters is 1. The lowest BCUT2D eigenvalue weighted by molar-refractivity contribution is 0.0239. The van der Waals surface area contributed by atoms with E-state index in [1.54, 1.807) is 0 Å². The van der Waals surface area contributed by atoms with Crippen molar-refractivity contribution in [2.24, 2.45) is 0 Å². The highest BCUT2D eigenvalue weighted by Crippen LogP contribution is 2.52. The Balaban J connectivity index is 1.52. The fraction of sp³-hybridized carbons (Fsp3) is 0.132.